The van der Waals surface area contributed by atoms with Crippen LogP contribution < -0.4 is 5.32 Å². The first-order chi connectivity index (χ1) is 12.6. The predicted octanol–water partition coefficient (Wildman–Crippen LogP) is 4.65. The van der Waals surface area contributed by atoms with Gasteiger partial charge in [0.15, 0.2) is 5.57 Å². The molecule has 0 saturated carbocycles. The third kappa shape index (κ3) is 3.90. The van der Waals surface area contributed by atoms with Crippen molar-refractivity contribution in [1.29, 1.82) is 5.26 Å². The summed E-state index contributed by atoms with van der Waals surface area (Å²) in [5.74, 6) is -0.635. The van der Waals surface area contributed by atoms with Crippen molar-refractivity contribution in [3.8, 4) is 16.6 Å². The number of aromatic nitrogens is 1. The monoisotopic (exact) mass is 363 g/mol. The van der Waals surface area contributed by atoms with Crippen LogP contribution in [0.4, 0.5) is 5.69 Å². The molecule has 2 aromatic carbocycles. The summed E-state index contributed by atoms with van der Waals surface area (Å²) in [6.45, 7) is 4.00. The van der Waals surface area contributed by atoms with Gasteiger partial charge < -0.3 is 10.1 Å². The van der Waals surface area contributed by atoms with Crippen molar-refractivity contribution in [3.05, 3.63) is 59.8 Å². The van der Waals surface area contributed by atoms with E-state index >= 15 is 0 Å². The highest BCUT2D eigenvalue weighted by molar-refractivity contribution is 7.21. The molecule has 5 nitrogen and oxygen atoms in total. The summed E-state index contributed by atoms with van der Waals surface area (Å²) >= 11 is 1.65. The SMILES string of the molecule is CCOC(=O)/C(C#N)=C\Nc1ccc(-c2nc3ccc(C)cc3s2)cc1. The molecule has 0 saturated heterocycles. The van der Waals surface area contributed by atoms with E-state index in [0.29, 0.717) is 0 Å². The molecule has 1 aromatic heterocycles. The van der Waals surface area contributed by atoms with Gasteiger partial charge in [0.1, 0.15) is 11.1 Å². The van der Waals surface area contributed by atoms with Gasteiger partial charge in [-0.3, -0.25) is 0 Å². The van der Waals surface area contributed by atoms with Crippen LogP contribution in [0.2, 0.25) is 0 Å². The van der Waals surface area contributed by atoms with Crippen LogP contribution in [-0.4, -0.2) is 17.6 Å². The van der Waals surface area contributed by atoms with E-state index < -0.39 is 5.97 Å². The fraction of sp³-hybridized carbons (Fsp3) is 0.150. The summed E-state index contributed by atoms with van der Waals surface area (Å²) in [6.07, 6.45) is 1.35. The molecule has 26 heavy (non-hydrogen) atoms. The minimum Gasteiger partial charge on any atom is -0.462 e. The standard InChI is InChI=1S/C20H17N3O2S/c1-3-25-20(24)15(11-21)12-22-16-7-5-14(6-8-16)19-23-17-9-4-13(2)10-18(17)26-19/h4-10,12,22H,3H2,1-2H3/b15-12-. The lowest BCUT2D eigenvalue weighted by Gasteiger charge is -2.03. The normalized spacial score (nSPS) is 11.2. The van der Waals surface area contributed by atoms with E-state index in [9.17, 15) is 4.79 Å². The van der Waals surface area contributed by atoms with Crippen molar-refractivity contribution < 1.29 is 9.53 Å². The lowest BCUT2D eigenvalue weighted by atomic mass is 10.2. The zero-order valence-electron chi connectivity index (χ0n) is 14.4. The molecule has 3 rings (SSSR count). The van der Waals surface area contributed by atoms with Gasteiger partial charge >= 0.3 is 5.97 Å². The number of carbonyl (C=O) groups excluding carboxylic acids is 1. The van der Waals surface area contributed by atoms with Crippen LogP contribution in [0.25, 0.3) is 20.8 Å². The highest BCUT2D eigenvalue weighted by Gasteiger charge is 2.09. The van der Waals surface area contributed by atoms with Crippen LogP contribution in [0, 0.1) is 18.3 Å². The van der Waals surface area contributed by atoms with E-state index in [1.54, 1.807) is 18.3 Å². The van der Waals surface area contributed by atoms with Crippen LogP contribution in [0.3, 0.4) is 0 Å². The number of nitrogens with zero attached hydrogens (tertiary/aromatic N) is 2. The average Bonchev–Trinajstić information content (AvgIpc) is 3.06. The molecule has 0 spiro atoms. The van der Waals surface area contributed by atoms with E-state index in [-0.39, 0.29) is 12.2 Å². The molecule has 0 bridgehead atoms. The maximum absolute atomic E-state index is 11.6. The summed E-state index contributed by atoms with van der Waals surface area (Å²) in [4.78, 5) is 16.3. The number of fused-ring (bicyclic) bond motifs is 1. The van der Waals surface area contributed by atoms with E-state index in [1.807, 2.05) is 36.4 Å². The van der Waals surface area contributed by atoms with Crippen LogP contribution in [0.1, 0.15) is 12.5 Å². The highest BCUT2D eigenvalue weighted by atomic mass is 32.1. The average molecular weight is 363 g/mol. The molecule has 0 aliphatic carbocycles. The lowest BCUT2D eigenvalue weighted by Crippen LogP contribution is -2.07. The molecule has 0 aliphatic rings. The summed E-state index contributed by atoms with van der Waals surface area (Å²) in [5.41, 5.74) is 3.92. The van der Waals surface area contributed by atoms with Crippen molar-refractivity contribution in [2.45, 2.75) is 13.8 Å². The predicted molar refractivity (Wildman–Crippen MR) is 104 cm³/mol. The van der Waals surface area contributed by atoms with E-state index in [4.69, 9.17) is 10.00 Å². The Morgan fingerprint density at radius 1 is 1.31 bits per heavy atom. The number of hydrogen-bond donors (Lipinski definition) is 1. The Bertz CT molecular complexity index is 1010. The molecule has 1 heterocycles. The number of esters is 1. The molecule has 0 atom stereocenters. The smallest absolute Gasteiger partial charge is 0.350 e. The second kappa shape index (κ2) is 7.81. The van der Waals surface area contributed by atoms with E-state index in [0.717, 1.165) is 21.8 Å². The van der Waals surface area contributed by atoms with Gasteiger partial charge in [0, 0.05) is 17.5 Å². The quantitative estimate of drug-likeness (QED) is 0.405. The van der Waals surface area contributed by atoms with Gasteiger partial charge in [-0.25, -0.2) is 9.78 Å². The topological polar surface area (TPSA) is 75.0 Å². The molecular weight excluding hydrogens is 346 g/mol. The Hall–Kier alpha value is -3.17. The molecule has 6 heteroatoms. The first kappa shape index (κ1) is 17.6. The first-order valence-corrected chi connectivity index (χ1v) is 8.94. The number of benzene rings is 2. The maximum Gasteiger partial charge on any atom is 0.350 e. The number of aryl methyl sites for hydroxylation is 1. The highest BCUT2D eigenvalue weighted by Crippen LogP contribution is 2.31. The third-order valence-corrected chi connectivity index (χ3v) is 4.74. The molecule has 3 aromatic rings. The largest absolute Gasteiger partial charge is 0.462 e. The Kier molecular flexibility index (Phi) is 5.30. The van der Waals surface area contributed by atoms with Crippen molar-refractivity contribution in [2.24, 2.45) is 0 Å². The summed E-state index contributed by atoms with van der Waals surface area (Å²) < 4.78 is 5.99. The number of anilines is 1. The second-order valence-corrected chi connectivity index (χ2v) is 6.63. The Balaban J connectivity index is 1.77. The van der Waals surface area contributed by atoms with E-state index in [2.05, 4.69) is 29.4 Å². The van der Waals surface area contributed by atoms with Crippen molar-refractivity contribution in [3.63, 3.8) is 0 Å². The van der Waals surface area contributed by atoms with Gasteiger partial charge in [0.05, 0.1) is 16.8 Å². The Morgan fingerprint density at radius 2 is 2.08 bits per heavy atom. The van der Waals surface area contributed by atoms with Crippen LogP contribution in [-0.2, 0) is 9.53 Å². The fourth-order valence-corrected chi connectivity index (χ4v) is 3.43. The Morgan fingerprint density at radius 3 is 2.77 bits per heavy atom. The van der Waals surface area contributed by atoms with Gasteiger partial charge in [0.2, 0.25) is 0 Å². The molecule has 1 N–H and O–H groups in total. The summed E-state index contributed by atoms with van der Waals surface area (Å²) in [5, 5.41) is 12.9. The van der Waals surface area contributed by atoms with Crippen LogP contribution in [0.5, 0.6) is 0 Å². The molecular formula is C20H17N3O2S. The third-order valence-electron chi connectivity index (χ3n) is 3.67. The fourth-order valence-electron chi connectivity index (χ4n) is 2.37. The number of nitriles is 1. The summed E-state index contributed by atoms with van der Waals surface area (Å²) in [6, 6.07) is 15.7. The minimum atomic E-state index is -0.635. The number of ether oxygens (including phenoxy) is 1. The lowest BCUT2D eigenvalue weighted by molar-refractivity contribution is -0.138. The minimum absolute atomic E-state index is 0.0718. The number of nitrogens with one attached hydrogen (secondary N) is 1. The number of rotatable bonds is 5. The molecule has 0 fully saturated rings. The van der Waals surface area contributed by atoms with E-state index in [1.165, 1.54) is 16.5 Å². The maximum atomic E-state index is 11.6. The Labute approximate surface area is 155 Å². The van der Waals surface area contributed by atoms with Crippen LogP contribution in [0.15, 0.2) is 54.2 Å². The zero-order chi connectivity index (χ0) is 18.5. The number of hydrogen-bond acceptors (Lipinski definition) is 6. The number of carbonyl (C=O) groups is 1. The van der Waals surface area contributed by atoms with Crippen LogP contribution >= 0.6 is 11.3 Å². The van der Waals surface area contributed by atoms with Gasteiger partial charge in [-0.2, -0.15) is 5.26 Å². The van der Waals surface area contributed by atoms with Gasteiger partial charge in [-0.15, -0.1) is 11.3 Å². The second-order valence-electron chi connectivity index (χ2n) is 5.60. The van der Waals surface area contributed by atoms with Crippen molar-refractivity contribution in [1.82, 2.24) is 4.98 Å². The van der Waals surface area contributed by atoms with Gasteiger partial charge in [-0.05, 0) is 55.8 Å². The molecule has 0 radical (unpaired) electrons. The summed E-state index contributed by atoms with van der Waals surface area (Å²) in [7, 11) is 0. The van der Waals surface area contributed by atoms with Gasteiger partial charge in [0.25, 0.3) is 0 Å². The van der Waals surface area contributed by atoms with Gasteiger partial charge in [-0.1, -0.05) is 6.07 Å². The van der Waals surface area contributed by atoms with Crippen molar-refractivity contribution >= 4 is 33.2 Å². The number of thiazole rings is 1. The molecule has 0 unspecified atom stereocenters. The first-order valence-electron chi connectivity index (χ1n) is 8.12. The molecule has 130 valence electrons. The zero-order valence-corrected chi connectivity index (χ0v) is 15.3. The van der Waals surface area contributed by atoms with Crippen molar-refractivity contribution in [2.75, 3.05) is 11.9 Å². The molecule has 0 aliphatic heterocycles. The molecule has 0 amide bonds.